The molecule has 0 bridgehead atoms. The molecule has 4 nitrogen and oxygen atoms in total. The largest absolute Gasteiger partial charge is 0.282 e. The van der Waals surface area contributed by atoms with Gasteiger partial charge in [-0.1, -0.05) is 0 Å². The van der Waals surface area contributed by atoms with Crippen LogP contribution in [0.25, 0.3) is 16.9 Å². The summed E-state index contributed by atoms with van der Waals surface area (Å²) in [5.74, 6) is -5.36. The lowest BCUT2D eigenvalue weighted by molar-refractivity contribution is 0.145. The normalized spacial score (nSPS) is 12.0. The maximum atomic E-state index is 14.2. The van der Waals surface area contributed by atoms with Crippen LogP contribution in [0.15, 0.2) is 41.3 Å². The molecule has 0 N–H and O–H groups in total. The molecule has 0 atom stereocenters. The van der Waals surface area contributed by atoms with E-state index < -0.39 is 55.8 Å². The monoisotopic (exact) mass is 420 g/mol. The molecule has 0 aliphatic carbocycles. The van der Waals surface area contributed by atoms with Crippen molar-refractivity contribution < 1.29 is 34.8 Å². The standard InChI is InChI=1S/C17H10F6N2O2S/c1-28(26,27)16-12(20)5-9(6-13(16)21)25-15(7-14(24-25)17(22)23)8-2-3-10(18)11(19)4-8/h2-7,17H,1H3. The van der Waals surface area contributed by atoms with Gasteiger partial charge >= 0.3 is 0 Å². The average Bonchev–Trinajstić information content (AvgIpc) is 3.01. The lowest BCUT2D eigenvalue weighted by Crippen LogP contribution is -2.08. The lowest BCUT2D eigenvalue weighted by atomic mass is 10.1. The van der Waals surface area contributed by atoms with Crippen molar-refractivity contribution in [1.29, 1.82) is 0 Å². The third kappa shape index (κ3) is 3.61. The van der Waals surface area contributed by atoms with Gasteiger partial charge in [-0.05, 0) is 24.3 Å². The molecule has 0 saturated heterocycles. The minimum atomic E-state index is -4.23. The van der Waals surface area contributed by atoms with E-state index in [1.165, 1.54) is 0 Å². The lowest BCUT2D eigenvalue weighted by Gasteiger charge is -2.10. The van der Waals surface area contributed by atoms with Gasteiger partial charge in [-0.25, -0.2) is 39.4 Å². The first-order valence-electron chi connectivity index (χ1n) is 7.52. The highest BCUT2D eigenvalue weighted by atomic mass is 32.2. The minimum absolute atomic E-state index is 0.0914. The number of hydrogen-bond donors (Lipinski definition) is 0. The zero-order valence-corrected chi connectivity index (χ0v) is 14.7. The summed E-state index contributed by atoms with van der Waals surface area (Å²) in [6.45, 7) is 0. The van der Waals surface area contributed by atoms with Gasteiger partial charge in [0.15, 0.2) is 21.5 Å². The summed E-state index contributed by atoms with van der Waals surface area (Å²) in [6, 6.07) is 4.54. The van der Waals surface area contributed by atoms with Crippen LogP contribution < -0.4 is 0 Å². The second kappa shape index (κ2) is 6.97. The summed E-state index contributed by atoms with van der Waals surface area (Å²) >= 11 is 0. The van der Waals surface area contributed by atoms with E-state index in [-0.39, 0.29) is 11.3 Å². The van der Waals surface area contributed by atoms with Crippen LogP contribution in [0.3, 0.4) is 0 Å². The number of halogens is 6. The predicted molar refractivity (Wildman–Crippen MR) is 86.9 cm³/mol. The van der Waals surface area contributed by atoms with E-state index in [1.807, 2.05) is 0 Å². The molecule has 1 aromatic heterocycles. The molecule has 0 saturated carbocycles. The van der Waals surface area contributed by atoms with E-state index in [0.29, 0.717) is 29.1 Å². The second-order valence-electron chi connectivity index (χ2n) is 5.81. The number of sulfone groups is 1. The van der Waals surface area contributed by atoms with E-state index in [9.17, 15) is 34.8 Å². The number of aromatic nitrogens is 2. The molecule has 1 heterocycles. The number of rotatable bonds is 4. The molecule has 0 spiro atoms. The molecule has 0 radical (unpaired) electrons. The zero-order valence-electron chi connectivity index (χ0n) is 13.9. The quantitative estimate of drug-likeness (QED) is 0.587. The summed E-state index contributed by atoms with van der Waals surface area (Å²) in [7, 11) is -4.23. The molecule has 0 aliphatic heterocycles. The molecule has 0 aliphatic rings. The topological polar surface area (TPSA) is 52.0 Å². The van der Waals surface area contributed by atoms with Crippen molar-refractivity contribution in [2.75, 3.05) is 6.26 Å². The fourth-order valence-electron chi connectivity index (χ4n) is 2.59. The summed E-state index contributed by atoms with van der Waals surface area (Å²) in [5.41, 5.74) is -1.51. The van der Waals surface area contributed by atoms with Crippen molar-refractivity contribution in [2.24, 2.45) is 0 Å². The first-order valence-corrected chi connectivity index (χ1v) is 9.41. The van der Waals surface area contributed by atoms with Crippen LogP contribution in [0, 0.1) is 23.3 Å². The number of benzene rings is 2. The second-order valence-corrected chi connectivity index (χ2v) is 7.76. The van der Waals surface area contributed by atoms with Gasteiger partial charge < -0.3 is 0 Å². The Labute approximate surface area is 155 Å². The third-order valence-corrected chi connectivity index (χ3v) is 4.90. The van der Waals surface area contributed by atoms with Crippen molar-refractivity contribution >= 4 is 9.84 Å². The zero-order chi connectivity index (χ0) is 20.8. The average molecular weight is 420 g/mol. The SMILES string of the molecule is CS(=O)(=O)c1c(F)cc(-n2nc(C(F)F)cc2-c2ccc(F)c(F)c2)cc1F. The van der Waals surface area contributed by atoms with Gasteiger partial charge in [0.25, 0.3) is 6.43 Å². The molecule has 2 aromatic carbocycles. The maximum Gasteiger partial charge on any atom is 0.282 e. The van der Waals surface area contributed by atoms with Crippen LogP contribution in [-0.2, 0) is 9.84 Å². The molecule has 3 rings (SSSR count). The van der Waals surface area contributed by atoms with Crippen LogP contribution in [0.2, 0.25) is 0 Å². The van der Waals surface area contributed by atoms with Gasteiger partial charge in [-0.3, -0.25) is 0 Å². The molecule has 0 unspecified atom stereocenters. The molecule has 3 aromatic rings. The first kappa shape index (κ1) is 19.9. The molecular weight excluding hydrogens is 410 g/mol. The Morgan fingerprint density at radius 1 is 0.893 bits per heavy atom. The fourth-order valence-corrected chi connectivity index (χ4v) is 3.41. The highest BCUT2D eigenvalue weighted by molar-refractivity contribution is 7.90. The third-order valence-electron chi connectivity index (χ3n) is 3.77. The van der Waals surface area contributed by atoms with Crippen molar-refractivity contribution in [3.63, 3.8) is 0 Å². The van der Waals surface area contributed by atoms with Gasteiger partial charge in [0.2, 0.25) is 0 Å². The summed E-state index contributed by atoms with van der Waals surface area (Å²) in [4.78, 5) is -1.19. The van der Waals surface area contributed by atoms with Gasteiger partial charge in [-0.2, -0.15) is 5.10 Å². The summed E-state index contributed by atoms with van der Waals surface area (Å²) in [5, 5.41) is 3.55. The molecule has 0 fully saturated rings. The Balaban J connectivity index is 2.26. The van der Waals surface area contributed by atoms with E-state index in [2.05, 4.69) is 5.10 Å². The molecule has 148 valence electrons. The van der Waals surface area contributed by atoms with Crippen LogP contribution in [-0.4, -0.2) is 24.5 Å². The van der Waals surface area contributed by atoms with E-state index in [4.69, 9.17) is 0 Å². The Morgan fingerprint density at radius 3 is 2.00 bits per heavy atom. The highest BCUT2D eigenvalue weighted by Gasteiger charge is 2.24. The molecular formula is C17H10F6N2O2S. The maximum absolute atomic E-state index is 14.2. The van der Waals surface area contributed by atoms with E-state index >= 15 is 0 Å². The predicted octanol–water partition coefficient (Wildman–Crippen LogP) is 4.44. The van der Waals surface area contributed by atoms with Gasteiger partial charge in [-0.15, -0.1) is 0 Å². The Kier molecular flexibility index (Phi) is 4.96. The number of alkyl halides is 2. The van der Waals surface area contributed by atoms with Crippen LogP contribution in [0.1, 0.15) is 12.1 Å². The fraction of sp³-hybridized carbons (Fsp3) is 0.118. The molecule has 11 heteroatoms. The number of hydrogen-bond acceptors (Lipinski definition) is 3. The number of nitrogens with zero attached hydrogens (tertiary/aromatic N) is 2. The first-order chi connectivity index (χ1) is 13.0. The smallest absolute Gasteiger partial charge is 0.232 e. The van der Waals surface area contributed by atoms with E-state index in [0.717, 1.165) is 18.2 Å². The van der Waals surface area contributed by atoms with Gasteiger partial charge in [0.1, 0.15) is 22.2 Å². The van der Waals surface area contributed by atoms with Gasteiger partial charge in [0, 0.05) is 24.0 Å². The van der Waals surface area contributed by atoms with Crippen molar-refractivity contribution in [1.82, 2.24) is 9.78 Å². The summed E-state index contributed by atoms with van der Waals surface area (Å²) in [6.07, 6.45) is -2.46. The Morgan fingerprint density at radius 2 is 1.50 bits per heavy atom. The van der Waals surface area contributed by atoms with Crippen LogP contribution >= 0.6 is 0 Å². The van der Waals surface area contributed by atoms with Gasteiger partial charge in [0.05, 0.1) is 11.4 Å². The van der Waals surface area contributed by atoms with Crippen molar-refractivity contribution in [3.05, 3.63) is 65.4 Å². The summed E-state index contributed by atoms with van der Waals surface area (Å²) < 4.78 is 105. The highest BCUT2D eigenvalue weighted by Crippen LogP contribution is 2.31. The van der Waals surface area contributed by atoms with Crippen LogP contribution in [0.5, 0.6) is 0 Å². The molecule has 0 amide bonds. The Hall–Kier alpha value is -2.82. The van der Waals surface area contributed by atoms with Crippen molar-refractivity contribution in [2.45, 2.75) is 11.3 Å². The Bertz CT molecular complexity index is 1150. The van der Waals surface area contributed by atoms with E-state index in [1.54, 1.807) is 0 Å². The molecule has 28 heavy (non-hydrogen) atoms. The van der Waals surface area contributed by atoms with Crippen LogP contribution in [0.4, 0.5) is 26.3 Å². The minimum Gasteiger partial charge on any atom is -0.232 e. The van der Waals surface area contributed by atoms with Crippen molar-refractivity contribution in [3.8, 4) is 16.9 Å².